The van der Waals surface area contributed by atoms with Crippen LogP contribution in [0.5, 0.6) is 11.5 Å². The van der Waals surface area contributed by atoms with Crippen molar-refractivity contribution in [2.45, 2.75) is 46.1 Å². The standard InChI is InChI=1S/C21H26N2O4S/c1-12(2)27-16-7-6-14(10-17(16)26-4)20(24)22-23-21(25)19-11-15-9-13(3)5-8-18(15)28-19/h6-7,10-13H,5,8-9H2,1-4H3,(H,22,24)(H,23,25). The van der Waals surface area contributed by atoms with Crippen molar-refractivity contribution in [1.29, 1.82) is 0 Å². The van der Waals surface area contributed by atoms with Crippen molar-refractivity contribution in [2.24, 2.45) is 5.92 Å². The highest BCUT2D eigenvalue weighted by Gasteiger charge is 2.21. The van der Waals surface area contributed by atoms with Crippen molar-refractivity contribution < 1.29 is 19.1 Å². The van der Waals surface area contributed by atoms with Crippen LogP contribution in [0.1, 0.15) is 57.7 Å². The number of ether oxygens (including phenoxy) is 2. The first kappa shape index (κ1) is 20.2. The van der Waals surface area contributed by atoms with Gasteiger partial charge in [0.25, 0.3) is 11.8 Å². The van der Waals surface area contributed by atoms with Gasteiger partial charge in [0.1, 0.15) is 0 Å². The van der Waals surface area contributed by atoms with Gasteiger partial charge in [-0.1, -0.05) is 6.92 Å². The summed E-state index contributed by atoms with van der Waals surface area (Å²) in [6.45, 7) is 6.06. The number of amides is 2. The predicted octanol–water partition coefficient (Wildman–Crippen LogP) is 3.74. The van der Waals surface area contributed by atoms with Gasteiger partial charge in [-0.05, 0) is 68.9 Å². The Kier molecular flexibility index (Phi) is 6.24. The average Bonchev–Trinajstić information content (AvgIpc) is 3.08. The molecule has 2 N–H and O–H groups in total. The maximum atomic E-state index is 12.4. The molecule has 0 bridgehead atoms. The lowest BCUT2D eigenvalue weighted by Crippen LogP contribution is -2.41. The molecule has 2 aromatic rings. The molecule has 0 aliphatic heterocycles. The molecule has 0 spiro atoms. The SMILES string of the molecule is COc1cc(C(=O)NNC(=O)c2cc3c(s2)CCC(C)C3)ccc1OC(C)C. The molecule has 1 aliphatic rings. The van der Waals surface area contributed by atoms with Crippen LogP contribution in [0.4, 0.5) is 0 Å². The van der Waals surface area contributed by atoms with E-state index in [1.807, 2.05) is 19.9 Å². The fraction of sp³-hybridized carbons (Fsp3) is 0.429. The van der Waals surface area contributed by atoms with E-state index in [0.29, 0.717) is 27.9 Å². The Hall–Kier alpha value is -2.54. The molecule has 1 heterocycles. The smallest absolute Gasteiger partial charge is 0.279 e. The molecule has 0 saturated heterocycles. The summed E-state index contributed by atoms with van der Waals surface area (Å²) in [6.07, 6.45) is 3.18. The number of fused-ring (bicyclic) bond motifs is 1. The number of hydrogen-bond donors (Lipinski definition) is 2. The van der Waals surface area contributed by atoms with E-state index in [0.717, 1.165) is 19.3 Å². The molecule has 1 aromatic carbocycles. The van der Waals surface area contributed by atoms with Gasteiger partial charge in [0.2, 0.25) is 0 Å². The lowest BCUT2D eigenvalue weighted by molar-refractivity contribution is 0.0848. The van der Waals surface area contributed by atoms with Crippen molar-refractivity contribution >= 4 is 23.2 Å². The first-order valence-corrected chi connectivity index (χ1v) is 10.3. The Bertz CT molecular complexity index is 875. The topological polar surface area (TPSA) is 76.7 Å². The van der Waals surface area contributed by atoms with E-state index in [1.54, 1.807) is 18.2 Å². The molecule has 3 rings (SSSR count). The van der Waals surface area contributed by atoms with Gasteiger partial charge in [-0.25, -0.2) is 0 Å². The highest BCUT2D eigenvalue weighted by Crippen LogP contribution is 2.32. The third-order valence-corrected chi connectivity index (χ3v) is 5.87. The first-order chi connectivity index (χ1) is 13.4. The minimum Gasteiger partial charge on any atom is -0.493 e. The maximum absolute atomic E-state index is 12.4. The summed E-state index contributed by atoms with van der Waals surface area (Å²) in [7, 11) is 1.52. The Morgan fingerprint density at radius 2 is 1.89 bits per heavy atom. The van der Waals surface area contributed by atoms with E-state index < -0.39 is 5.91 Å². The van der Waals surface area contributed by atoms with Crippen LogP contribution >= 0.6 is 11.3 Å². The number of methoxy groups -OCH3 is 1. The van der Waals surface area contributed by atoms with Crippen LogP contribution in [0, 0.1) is 5.92 Å². The molecule has 1 aliphatic carbocycles. The van der Waals surface area contributed by atoms with Crippen LogP contribution in [-0.2, 0) is 12.8 Å². The summed E-state index contributed by atoms with van der Waals surface area (Å²) in [5.74, 6) is 0.962. The van der Waals surface area contributed by atoms with Gasteiger partial charge in [-0.2, -0.15) is 0 Å². The predicted molar refractivity (Wildman–Crippen MR) is 109 cm³/mol. The zero-order valence-corrected chi connectivity index (χ0v) is 17.4. The molecule has 1 aromatic heterocycles. The number of benzene rings is 1. The zero-order valence-electron chi connectivity index (χ0n) is 16.6. The maximum Gasteiger partial charge on any atom is 0.279 e. The summed E-state index contributed by atoms with van der Waals surface area (Å²) in [5, 5.41) is 0. The third-order valence-electron chi connectivity index (χ3n) is 4.63. The van der Waals surface area contributed by atoms with Crippen molar-refractivity contribution in [3.05, 3.63) is 45.1 Å². The third kappa shape index (κ3) is 4.65. The summed E-state index contributed by atoms with van der Waals surface area (Å²) < 4.78 is 10.9. The molecule has 150 valence electrons. The van der Waals surface area contributed by atoms with Gasteiger partial charge in [-0.15, -0.1) is 11.3 Å². The largest absolute Gasteiger partial charge is 0.493 e. The van der Waals surface area contributed by atoms with Gasteiger partial charge in [-0.3, -0.25) is 20.4 Å². The summed E-state index contributed by atoms with van der Waals surface area (Å²) in [4.78, 5) is 26.7. The lowest BCUT2D eigenvalue weighted by atomic mass is 9.90. The molecule has 0 fully saturated rings. The second-order valence-corrected chi connectivity index (χ2v) is 8.48. The number of nitrogens with one attached hydrogen (secondary N) is 2. The first-order valence-electron chi connectivity index (χ1n) is 9.44. The highest BCUT2D eigenvalue weighted by atomic mass is 32.1. The van der Waals surface area contributed by atoms with Crippen molar-refractivity contribution in [1.82, 2.24) is 10.9 Å². The summed E-state index contributed by atoms with van der Waals surface area (Å²) >= 11 is 1.51. The number of carbonyl (C=O) groups is 2. The van der Waals surface area contributed by atoms with Gasteiger partial charge in [0, 0.05) is 10.4 Å². The average molecular weight is 403 g/mol. The minimum atomic E-state index is -0.419. The lowest BCUT2D eigenvalue weighted by Gasteiger charge is -2.16. The van der Waals surface area contributed by atoms with Gasteiger partial charge < -0.3 is 9.47 Å². The van der Waals surface area contributed by atoms with E-state index in [4.69, 9.17) is 9.47 Å². The van der Waals surface area contributed by atoms with Crippen LogP contribution in [-0.4, -0.2) is 25.0 Å². The molecule has 28 heavy (non-hydrogen) atoms. The van der Waals surface area contributed by atoms with E-state index in [2.05, 4.69) is 17.8 Å². The Balaban J connectivity index is 1.63. The molecule has 1 atom stereocenters. The Morgan fingerprint density at radius 3 is 2.61 bits per heavy atom. The zero-order chi connectivity index (χ0) is 20.3. The van der Waals surface area contributed by atoms with E-state index in [1.165, 1.54) is 28.9 Å². The molecule has 0 radical (unpaired) electrons. The molecular formula is C21H26N2O4S. The Morgan fingerprint density at radius 1 is 1.14 bits per heavy atom. The minimum absolute atomic E-state index is 0.00697. The number of hydrogen-bond acceptors (Lipinski definition) is 5. The highest BCUT2D eigenvalue weighted by molar-refractivity contribution is 7.14. The van der Waals surface area contributed by atoms with Gasteiger partial charge in [0.15, 0.2) is 11.5 Å². The number of rotatable bonds is 5. The molecule has 0 saturated carbocycles. The van der Waals surface area contributed by atoms with E-state index >= 15 is 0 Å². The second kappa shape index (κ2) is 8.65. The quantitative estimate of drug-likeness (QED) is 0.747. The molecular weight excluding hydrogens is 376 g/mol. The van der Waals surface area contributed by atoms with E-state index in [9.17, 15) is 9.59 Å². The normalized spacial score (nSPS) is 15.7. The Labute approximate surface area is 169 Å². The van der Waals surface area contributed by atoms with Crippen LogP contribution in [0.2, 0.25) is 0 Å². The fourth-order valence-electron chi connectivity index (χ4n) is 3.23. The number of aryl methyl sites for hydroxylation is 1. The van der Waals surface area contributed by atoms with Crippen molar-refractivity contribution in [2.75, 3.05) is 7.11 Å². The van der Waals surface area contributed by atoms with Crippen LogP contribution < -0.4 is 20.3 Å². The monoisotopic (exact) mass is 402 g/mol. The number of hydrazine groups is 1. The summed E-state index contributed by atoms with van der Waals surface area (Å²) in [6, 6.07) is 6.85. The molecule has 7 heteroatoms. The van der Waals surface area contributed by atoms with Gasteiger partial charge >= 0.3 is 0 Å². The van der Waals surface area contributed by atoms with Crippen LogP contribution in [0.15, 0.2) is 24.3 Å². The van der Waals surface area contributed by atoms with E-state index in [-0.39, 0.29) is 12.0 Å². The van der Waals surface area contributed by atoms with Crippen LogP contribution in [0.25, 0.3) is 0 Å². The van der Waals surface area contributed by atoms with Crippen LogP contribution in [0.3, 0.4) is 0 Å². The second-order valence-electron chi connectivity index (χ2n) is 7.35. The summed E-state index contributed by atoms with van der Waals surface area (Å²) in [5.41, 5.74) is 6.59. The number of thiophene rings is 1. The molecule has 6 nitrogen and oxygen atoms in total. The molecule has 2 amide bonds. The fourth-order valence-corrected chi connectivity index (χ4v) is 4.33. The van der Waals surface area contributed by atoms with Gasteiger partial charge in [0.05, 0.1) is 18.1 Å². The number of carbonyl (C=O) groups excluding carboxylic acids is 2. The molecule has 1 unspecified atom stereocenters. The van der Waals surface area contributed by atoms with Crippen molar-refractivity contribution in [3.8, 4) is 11.5 Å². The van der Waals surface area contributed by atoms with Crippen molar-refractivity contribution in [3.63, 3.8) is 0 Å².